The molecule has 0 bridgehead atoms. The third kappa shape index (κ3) is 4.18. The molecule has 1 aromatic carbocycles. The number of sulfonamides is 1. The summed E-state index contributed by atoms with van der Waals surface area (Å²) in [5.74, 6) is -0.0693. The molecule has 2 aliphatic heterocycles. The third-order valence-electron chi connectivity index (χ3n) is 5.80. The van der Waals surface area contributed by atoms with Crippen LogP contribution in [0.25, 0.3) is 0 Å². The summed E-state index contributed by atoms with van der Waals surface area (Å²) in [6.45, 7) is 7.08. The maximum absolute atomic E-state index is 13.0. The van der Waals surface area contributed by atoms with Crippen LogP contribution in [0.2, 0.25) is 0 Å². The Morgan fingerprint density at radius 1 is 1.15 bits per heavy atom. The quantitative estimate of drug-likeness (QED) is 0.765. The standard InChI is InChI=1S/C19H28N4O3S/c1-14-2-5-17(27(25,26)21-15-3-4-15)12-18(14)19(24)23-10-8-22(9-11-23)16-6-7-20-13-16/h2,5,12,15-16,20-21H,3-4,6-11,13H2,1H3. The Morgan fingerprint density at radius 2 is 1.89 bits per heavy atom. The molecule has 1 unspecified atom stereocenters. The maximum atomic E-state index is 13.0. The fraction of sp³-hybridized carbons (Fsp3) is 0.632. The van der Waals surface area contributed by atoms with Gasteiger partial charge in [-0.3, -0.25) is 9.69 Å². The van der Waals surface area contributed by atoms with Crippen LogP contribution in [-0.2, 0) is 10.0 Å². The van der Waals surface area contributed by atoms with Crippen LogP contribution in [0, 0.1) is 6.92 Å². The van der Waals surface area contributed by atoms with Crippen molar-refractivity contribution in [2.75, 3.05) is 39.3 Å². The van der Waals surface area contributed by atoms with Crippen LogP contribution < -0.4 is 10.0 Å². The van der Waals surface area contributed by atoms with Crippen molar-refractivity contribution in [2.24, 2.45) is 0 Å². The molecule has 4 rings (SSSR count). The average molecular weight is 393 g/mol. The minimum atomic E-state index is -3.56. The Balaban J connectivity index is 1.46. The summed E-state index contributed by atoms with van der Waals surface area (Å²) in [6, 6.07) is 5.48. The molecule has 1 atom stereocenters. The van der Waals surface area contributed by atoms with Gasteiger partial charge in [0.1, 0.15) is 0 Å². The normalized spacial score (nSPS) is 24.3. The van der Waals surface area contributed by atoms with Crippen LogP contribution in [-0.4, -0.2) is 75.5 Å². The van der Waals surface area contributed by atoms with Crippen LogP contribution in [0.5, 0.6) is 0 Å². The molecule has 27 heavy (non-hydrogen) atoms. The smallest absolute Gasteiger partial charge is 0.254 e. The highest BCUT2D eigenvalue weighted by atomic mass is 32.2. The highest BCUT2D eigenvalue weighted by Gasteiger charge is 2.31. The number of benzene rings is 1. The predicted molar refractivity (Wildman–Crippen MR) is 103 cm³/mol. The average Bonchev–Trinajstić information content (AvgIpc) is 3.29. The van der Waals surface area contributed by atoms with Crippen molar-refractivity contribution in [3.05, 3.63) is 29.3 Å². The van der Waals surface area contributed by atoms with Gasteiger partial charge in [-0.15, -0.1) is 0 Å². The lowest BCUT2D eigenvalue weighted by molar-refractivity contribution is 0.0583. The molecule has 8 heteroatoms. The summed E-state index contributed by atoms with van der Waals surface area (Å²) in [5.41, 5.74) is 1.30. The molecule has 1 aliphatic carbocycles. The summed E-state index contributed by atoms with van der Waals surface area (Å²) >= 11 is 0. The van der Waals surface area contributed by atoms with E-state index < -0.39 is 10.0 Å². The number of hydrogen-bond donors (Lipinski definition) is 2. The molecule has 0 radical (unpaired) electrons. The van der Waals surface area contributed by atoms with E-state index in [1.54, 1.807) is 12.1 Å². The Morgan fingerprint density at radius 3 is 2.52 bits per heavy atom. The molecule has 7 nitrogen and oxygen atoms in total. The van der Waals surface area contributed by atoms with Crippen LogP contribution in [0.4, 0.5) is 0 Å². The van der Waals surface area contributed by atoms with E-state index in [-0.39, 0.29) is 16.8 Å². The van der Waals surface area contributed by atoms with Crippen molar-refractivity contribution in [3.8, 4) is 0 Å². The fourth-order valence-electron chi connectivity index (χ4n) is 3.90. The molecule has 1 saturated carbocycles. The second-order valence-corrected chi connectivity index (χ2v) is 9.56. The van der Waals surface area contributed by atoms with E-state index in [1.165, 1.54) is 12.5 Å². The molecule has 148 valence electrons. The van der Waals surface area contributed by atoms with Crippen LogP contribution in [0.15, 0.2) is 23.1 Å². The molecule has 0 spiro atoms. The van der Waals surface area contributed by atoms with E-state index in [0.717, 1.165) is 44.6 Å². The van der Waals surface area contributed by atoms with Gasteiger partial charge in [0.15, 0.2) is 0 Å². The Labute approximate surface area is 161 Å². The van der Waals surface area contributed by atoms with Crippen molar-refractivity contribution in [2.45, 2.75) is 43.2 Å². The van der Waals surface area contributed by atoms with E-state index in [2.05, 4.69) is 14.9 Å². The third-order valence-corrected chi connectivity index (χ3v) is 7.32. The number of hydrogen-bond acceptors (Lipinski definition) is 5. The fourth-order valence-corrected chi connectivity index (χ4v) is 5.23. The summed E-state index contributed by atoms with van der Waals surface area (Å²) in [4.78, 5) is 17.5. The van der Waals surface area contributed by atoms with Gasteiger partial charge in [0.2, 0.25) is 10.0 Å². The molecular formula is C19H28N4O3S. The Kier molecular flexibility index (Phi) is 5.24. The molecule has 3 fully saturated rings. The SMILES string of the molecule is Cc1ccc(S(=O)(=O)NC2CC2)cc1C(=O)N1CCN(C2CCNC2)CC1. The molecule has 3 aliphatic rings. The van der Waals surface area contributed by atoms with E-state index >= 15 is 0 Å². The molecule has 2 heterocycles. The van der Waals surface area contributed by atoms with Gasteiger partial charge in [-0.05, 0) is 50.4 Å². The van der Waals surface area contributed by atoms with Gasteiger partial charge >= 0.3 is 0 Å². The van der Waals surface area contributed by atoms with Gasteiger partial charge in [-0.1, -0.05) is 6.07 Å². The van der Waals surface area contributed by atoms with Crippen molar-refractivity contribution in [1.82, 2.24) is 19.8 Å². The number of carbonyl (C=O) groups excluding carboxylic acids is 1. The minimum Gasteiger partial charge on any atom is -0.336 e. The van der Waals surface area contributed by atoms with Gasteiger partial charge in [-0.25, -0.2) is 13.1 Å². The first-order chi connectivity index (χ1) is 12.9. The van der Waals surface area contributed by atoms with Gasteiger partial charge in [0.05, 0.1) is 4.90 Å². The van der Waals surface area contributed by atoms with E-state index in [9.17, 15) is 13.2 Å². The van der Waals surface area contributed by atoms with E-state index in [1.807, 2.05) is 11.8 Å². The minimum absolute atomic E-state index is 0.0496. The highest BCUT2D eigenvalue weighted by Crippen LogP contribution is 2.24. The summed E-state index contributed by atoms with van der Waals surface area (Å²) < 4.78 is 27.7. The topological polar surface area (TPSA) is 81.8 Å². The largest absolute Gasteiger partial charge is 0.336 e. The maximum Gasteiger partial charge on any atom is 0.254 e. The van der Waals surface area contributed by atoms with Gasteiger partial charge in [0.25, 0.3) is 5.91 Å². The zero-order valence-corrected chi connectivity index (χ0v) is 16.6. The number of aryl methyl sites for hydroxylation is 1. The van der Waals surface area contributed by atoms with Crippen molar-refractivity contribution in [3.63, 3.8) is 0 Å². The number of piperazine rings is 1. The molecule has 0 aromatic heterocycles. The Bertz CT molecular complexity index is 808. The van der Waals surface area contributed by atoms with Crippen molar-refractivity contribution < 1.29 is 13.2 Å². The van der Waals surface area contributed by atoms with Crippen LogP contribution >= 0.6 is 0 Å². The van der Waals surface area contributed by atoms with Crippen molar-refractivity contribution in [1.29, 1.82) is 0 Å². The monoisotopic (exact) mass is 392 g/mol. The van der Waals surface area contributed by atoms with Crippen LogP contribution in [0.1, 0.15) is 35.2 Å². The van der Waals surface area contributed by atoms with Gasteiger partial charge in [-0.2, -0.15) is 0 Å². The molecule has 1 aromatic rings. The second kappa shape index (κ2) is 7.50. The van der Waals surface area contributed by atoms with E-state index in [0.29, 0.717) is 24.7 Å². The second-order valence-electron chi connectivity index (χ2n) is 7.85. The first-order valence-corrected chi connectivity index (χ1v) is 11.3. The highest BCUT2D eigenvalue weighted by molar-refractivity contribution is 7.89. The lowest BCUT2D eigenvalue weighted by atomic mass is 10.1. The lowest BCUT2D eigenvalue weighted by Crippen LogP contribution is -2.52. The first-order valence-electron chi connectivity index (χ1n) is 9.81. The number of amides is 1. The summed E-state index contributed by atoms with van der Waals surface area (Å²) in [6.07, 6.45) is 2.94. The molecule has 1 amide bonds. The molecule has 2 N–H and O–H groups in total. The Hall–Kier alpha value is -1.48. The number of rotatable bonds is 5. The number of nitrogens with one attached hydrogen (secondary N) is 2. The lowest BCUT2D eigenvalue weighted by Gasteiger charge is -2.38. The molecule has 2 saturated heterocycles. The first kappa shape index (κ1) is 18.9. The zero-order chi connectivity index (χ0) is 19.0. The number of nitrogens with zero attached hydrogens (tertiary/aromatic N) is 2. The van der Waals surface area contributed by atoms with Crippen molar-refractivity contribution >= 4 is 15.9 Å². The zero-order valence-electron chi connectivity index (χ0n) is 15.8. The predicted octanol–water partition coefficient (Wildman–Crippen LogP) is 0.555. The van der Waals surface area contributed by atoms with E-state index in [4.69, 9.17) is 0 Å². The van der Waals surface area contributed by atoms with Crippen LogP contribution in [0.3, 0.4) is 0 Å². The van der Waals surface area contributed by atoms with Gasteiger partial charge < -0.3 is 10.2 Å². The summed E-state index contributed by atoms with van der Waals surface area (Å²) in [7, 11) is -3.56. The number of carbonyl (C=O) groups is 1. The summed E-state index contributed by atoms with van der Waals surface area (Å²) in [5, 5.41) is 3.39. The van der Waals surface area contributed by atoms with Gasteiger partial charge in [0, 0.05) is 50.4 Å². The molecular weight excluding hydrogens is 364 g/mol.